The van der Waals surface area contributed by atoms with Crippen LogP contribution >= 0.6 is 15.9 Å². The van der Waals surface area contributed by atoms with Crippen molar-refractivity contribution in [2.45, 2.75) is 25.7 Å². The van der Waals surface area contributed by atoms with Crippen LogP contribution in [-0.2, 0) is 20.8 Å². The maximum Gasteiger partial charge on any atom is 0.226 e. The molecule has 1 N–H and O–H groups in total. The summed E-state index contributed by atoms with van der Waals surface area (Å²) in [5.74, 6) is -0.772. The number of hydrogen-bond donors (Lipinski definition) is 1. The molecule has 1 aliphatic rings. The van der Waals surface area contributed by atoms with Gasteiger partial charge < -0.3 is 4.90 Å². The molecule has 1 fully saturated rings. The van der Waals surface area contributed by atoms with Crippen molar-refractivity contribution in [1.29, 1.82) is 0 Å². The summed E-state index contributed by atoms with van der Waals surface area (Å²) in [4.78, 5) is 36.5. The summed E-state index contributed by atoms with van der Waals surface area (Å²) in [6, 6.07) is 7.99. The zero-order valence-electron chi connectivity index (χ0n) is 12.5. The molecule has 0 atom stereocenters. The summed E-state index contributed by atoms with van der Waals surface area (Å²) < 4.78 is 1.03. The topological polar surface area (TPSA) is 66.5 Å². The molecule has 2 rings (SSSR count). The fraction of sp³-hybridized carbons (Fsp3) is 0.438. The minimum absolute atomic E-state index is 0.0235. The summed E-state index contributed by atoms with van der Waals surface area (Å²) >= 11 is 3.39. The molecule has 0 aliphatic carbocycles. The molecule has 3 amide bonds. The van der Waals surface area contributed by atoms with Crippen molar-refractivity contribution in [3.63, 3.8) is 0 Å². The van der Waals surface area contributed by atoms with E-state index in [0.717, 1.165) is 16.5 Å². The van der Waals surface area contributed by atoms with Gasteiger partial charge in [-0.05, 0) is 30.0 Å². The molecular formula is C16H19BrN2O3. The van der Waals surface area contributed by atoms with Gasteiger partial charge in [0.05, 0.1) is 0 Å². The van der Waals surface area contributed by atoms with Gasteiger partial charge in [0.2, 0.25) is 17.7 Å². The van der Waals surface area contributed by atoms with Gasteiger partial charge in [-0.25, -0.2) is 0 Å². The fourth-order valence-corrected chi connectivity index (χ4v) is 2.74. The third-order valence-corrected chi connectivity index (χ3v) is 4.29. The molecule has 1 aromatic rings. The highest BCUT2D eigenvalue weighted by Gasteiger charge is 2.27. The molecule has 0 aromatic heterocycles. The quantitative estimate of drug-likeness (QED) is 0.809. The number of amides is 3. The highest BCUT2D eigenvalue weighted by atomic mass is 79.9. The monoisotopic (exact) mass is 366 g/mol. The van der Waals surface area contributed by atoms with Gasteiger partial charge in [-0.1, -0.05) is 28.1 Å². The number of likely N-dealkylation sites (N-methyl/N-ethyl adjacent to an activating group) is 1. The van der Waals surface area contributed by atoms with Gasteiger partial charge in [0.15, 0.2) is 0 Å². The Bertz CT molecular complexity index is 555. The van der Waals surface area contributed by atoms with Crippen molar-refractivity contribution < 1.29 is 14.4 Å². The molecule has 5 nitrogen and oxygen atoms in total. The highest BCUT2D eigenvalue weighted by Crippen LogP contribution is 2.18. The number of benzene rings is 1. The average molecular weight is 367 g/mol. The second kappa shape index (κ2) is 7.54. The first kappa shape index (κ1) is 16.7. The largest absolute Gasteiger partial charge is 0.345 e. The van der Waals surface area contributed by atoms with Crippen molar-refractivity contribution in [3.05, 3.63) is 34.3 Å². The first-order valence-corrected chi connectivity index (χ1v) is 8.04. The Kier molecular flexibility index (Phi) is 5.71. The summed E-state index contributed by atoms with van der Waals surface area (Å²) in [5.41, 5.74) is 1.16. The number of halogens is 1. The summed E-state index contributed by atoms with van der Waals surface area (Å²) in [5, 5.41) is 2.26. The fourth-order valence-electron chi connectivity index (χ4n) is 2.47. The van der Waals surface area contributed by atoms with Crippen LogP contribution < -0.4 is 5.32 Å². The van der Waals surface area contributed by atoms with E-state index in [1.807, 2.05) is 24.3 Å². The molecule has 118 valence electrons. The van der Waals surface area contributed by atoms with E-state index in [0.29, 0.717) is 6.54 Å². The number of nitrogens with zero attached hydrogens (tertiary/aromatic N) is 1. The van der Waals surface area contributed by atoms with Crippen LogP contribution in [0.2, 0.25) is 0 Å². The van der Waals surface area contributed by atoms with Crippen LogP contribution in [0.5, 0.6) is 0 Å². The average Bonchev–Trinajstić information content (AvgIpc) is 2.45. The van der Waals surface area contributed by atoms with Gasteiger partial charge in [0.1, 0.15) is 0 Å². The lowest BCUT2D eigenvalue weighted by molar-refractivity contribution is -0.136. The SMILES string of the molecule is CN(CCc1ccc(Br)cc1)C(=O)CC1CC(=O)NC(=O)C1. The zero-order valence-corrected chi connectivity index (χ0v) is 14.1. The lowest BCUT2D eigenvalue weighted by Gasteiger charge is -2.23. The number of nitrogens with one attached hydrogen (secondary N) is 1. The van der Waals surface area contributed by atoms with Crippen molar-refractivity contribution >= 4 is 33.7 Å². The maximum absolute atomic E-state index is 12.2. The van der Waals surface area contributed by atoms with Gasteiger partial charge in [-0.15, -0.1) is 0 Å². The number of rotatable bonds is 5. The van der Waals surface area contributed by atoms with Gasteiger partial charge in [-0.2, -0.15) is 0 Å². The Balaban J connectivity index is 1.80. The van der Waals surface area contributed by atoms with Gasteiger partial charge >= 0.3 is 0 Å². The molecule has 6 heteroatoms. The van der Waals surface area contributed by atoms with Crippen LogP contribution in [0.4, 0.5) is 0 Å². The third-order valence-electron chi connectivity index (χ3n) is 3.77. The van der Waals surface area contributed by atoms with Crippen molar-refractivity contribution in [2.75, 3.05) is 13.6 Å². The Morgan fingerprint density at radius 2 is 1.82 bits per heavy atom. The second-order valence-corrected chi connectivity index (χ2v) is 6.56. The van der Waals surface area contributed by atoms with E-state index >= 15 is 0 Å². The van der Waals surface area contributed by atoms with E-state index < -0.39 is 0 Å². The van der Waals surface area contributed by atoms with Crippen LogP contribution in [0.15, 0.2) is 28.7 Å². The van der Waals surface area contributed by atoms with Gasteiger partial charge in [0, 0.05) is 37.3 Å². The molecule has 0 radical (unpaired) electrons. The molecule has 22 heavy (non-hydrogen) atoms. The van der Waals surface area contributed by atoms with Crippen molar-refractivity contribution in [2.24, 2.45) is 5.92 Å². The van der Waals surface area contributed by atoms with E-state index in [9.17, 15) is 14.4 Å². The Morgan fingerprint density at radius 3 is 2.41 bits per heavy atom. The van der Waals surface area contributed by atoms with E-state index in [1.54, 1.807) is 11.9 Å². The first-order chi connectivity index (χ1) is 10.4. The standard InChI is InChI=1S/C16H19BrN2O3/c1-19(7-6-11-2-4-13(17)5-3-11)16(22)10-12-8-14(20)18-15(21)9-12/h2-5,12H,6-10H2,1H3,(H,18,20,21). The normalized spacial score (nSPS) is 15.5. The van der Waals surface area contributed by atoms with E-state index in [2.05, 4.69) is 21.2 Å². The summed E-state index contributed by atoms with van der Waals surface area (Å²) in [6.07, 6.45) is 1.52. The summed E-state index contributed by atoms with van der Waals surface area (Å²) in [6.45, 7) is 0.618. The van der Waals surface area contributed by atoms with Crippen molar-refractivity contribution in [3.8, 4) is 0 Å². The van der Waals surface area contributed by atoms with E-state index in [-0.39, 0.29) is 42.9 Å². The van der Waals surface area contributed by atoms with Gasteiger partial charge in [-0.3, -0.25) is 19.7 Å². The highest BCUT2D eigenvalue weighted by molar-refractivity contribution is 9.10. The number of carbonyl (C=O) groups is 3. The summed E-state index contributed by atoms with van der Waals surface area (Å²) in [7, 11) is 1.76. The molecule has 0 unspecified atom stereocenters. The number of hydrogen-bond acceptors (Lipinski definition) is 3. The number of carbonyl (C=O) groups excluding carboxylic acids is 3. The Hall–Kier alpha value is -1.69. The lowest BCUT2D eigenvalue weighted by Crippen LogP contribution is -2.40. The Morgan fingerprint density at radius 1 is 1.23 bits per heavy atom. The predicted molar refractivity (Wildman–Crippen MR) is 86.0 cm³/mol. The molecule has 0 saturated carbocycles. The molecular weight excluding hydrogens is 348 g/mol. The Labute approximate surface area is 138 Å². The molecule has 1 aromatic carbocycles. The minimum Gasteiger partial charge on any atom is -0.345 e. The minimum atomic E-state index is -0.286. The van der Waals surface area contributed by atoms with Crippen LogP contribution in [0.25, 0.3) is 0 Å². The molecule has 1 aliphatic heterocycles. The zero-order chi connectivity index (χ0) is 16.1. The molecule has 1 saturated heterocycles. The van der Waals surface area contributed by atoms with Gasteiger partial charge in [0.25, 0.3) is 0 Å². The van der Waals surface area contributed by atoms with Crippen molar-refractivity contribution in [1.82, 2.24) is 10.2 Å². The molecule has 0 bridgehead atoms. The lowest BCUT2D eigenvalue weighted by atomic mass is 9.93. The smallest absolute Gasteiger partial charge is 0.226 e. The molecule has 0 spiro atoms. The number of imide groups is 1. The predicted octanol–water partition coefficient (Wildman–Crippen LogP) is 1.89. The second-order valence-electron chi connectivity index (χ2n) is 5.64. The van der Waals surface area contributed by atoms with E-state index in [1.165, 1.54) is 0 Å². The van der Waals surface area contributed by atoms with Crippen LogP contribution in [-0.4, -0.2) is 36.2 Å². The maximum atomic E-state index is 12.2. The van der Waals surface area contributed by atoms with E-state index in [4.69, 9.17) is 0 Å². The van der Waals surface area contributed by atoms with Crippen LogP contribution in [0.1, 0.15) is 24.8 Å². The third kappa shape index (κ3) is 4.94. The first-order valence-electron chi connectivity index (χ1n) is 7.25. The molecule has 1 heterocycles. The van der Waals surface area contributed by atoms with Crippen LogP contribution in [0.3, 0.4) is 0 Å². The number of piperidine rings is 1. The van der Waals surface area contributed by atoms with Crippen LogP contribution in [0, 0.1) is 5.92 Å².